The fraction of sp³-hybridized carbons (Fsp3) is 0.636. The van der Waals surface area contributed by atoms with Crippen LogP contribution in [0, 0.1) is 5.92 Å². The molecule has 1 aromatic rings. The third-order valence-electron chi connectivity index (χ3n) is 2.98. The molecule has 0 atom stereocenters. The lowest BCUT2D eigenvalue weighted by molar-refractivity contribution is -0.141. The van der Waals surface area contributed by atoms with Gasteiger partial charge in [0.1, 0.15) is 5.69 Å². The molecule has 1 aliphatic rings. The third-order valence-corrected chi connectivity index (χ3v) is 2.98. The maximum atomic E-state index is 12.5. The van der Waals surface area contributed by atoms with Gasteiger partial charge in [0.05, 0.1) is 0 Å². The van der Waals surface area contributed by atoms with E-state index in [-0.39, 0.29) is 11.5 Å². The quantitative estimate of drug-likeness (QED) is 0.889. The van der Waals surface area contributed by atoms with Crippen molar-refractivity contribution in [1.29, 1.82) is 0 Å². The van der Waals surface area contributed by atoms with Gasteiger partial charge in [-0.1, -0.05) is 0 Å². The molecule has 0 bridgehead atoms. The van der Waals surface area contributed by atoms with Crippen molar-refractivity contribution in [3.8, 4) is 0 Å². The zero-order chi connectivity index (χ0) is 12.7. The van der Waals surface area contributed by atoms with Gasteiger partial charge >= 0.3 is 6.18 Å². The van der Waals surface area contributed by atoms with Gasteiger partial charge in [-0.3, -0.25) is 0 Å². The molecule has 0 aliphatic heterocycles. The maximum absolute atomic E-state index is 12.5. The summed E-state index contributed by atoms with van der Waals surface area (Å²) in [6.07, 6.45) is -1.11. The number of hydrogen-bond donors (Lipinski definition) is 1. The first-order valence-electron chi connectivity index (χ1n) is 5.47. The van der Waals surface area contributed by atoms with Crippen LogP contribution in [-0.2, 0) is 6.18 Å². The molecule has 1 N–H and O–H groups in total. The van der Waals surface area contributed by atoms with Gasteiger partial charge in [-0.15, -0.1) is 0 Å². The number of nitrogens with one attached hydrogen (secondary N) is 1. The molecule has 1 fully saturated rings. The average Bonchev–Trinajstić information content (AvgIpc) is 2.99. The van der Waals surface area contributed by atoms with Gasteiger partial charge in [-0.2, -0.15) is 13.2 Å². The van der Waals surface area contributed by atoms with Crippen LogP contribution in [0.15, 0.2) is 12.3 Å². The molecular formula is C11H14F3N3. The van der Waals surface area contributed by atoms with Gasteiger partial charge in [0.25, 0.3) is 0 Å². The minimum absolute atomic E-state index is 0.0386. The Hall–Kier alpha value is -1.33. The first-order valence-corrected chi connectivity index (χ1v) is 5.47. The molecule has 1 aromatic heterocycles. The Labute approximate surface area is 97.5 Å². The van der Waals surface area contributed by atoms with Crippen LogP contribution in [0.4, 0.5) is 19.1 Å². The molecule has 1 saturated carbocycles. The Balaban J connectivity index is 2.16. The third kappa shape index (κ3) is 2.87. The number of anilines is 1. The van der Waals surface area contributed by atoms with E-state index in [1.807, 2.05) is 13.8 Å². The van der Waals surface area contributed by atoms with E-state index < -0.39 is 11.9 Å². The number of aromatic nitrogens is 2. The predicted molar refractivity (Wildman–Crippen MR) is 57.5 cm³/mol. The van der Waals surface area contributed by atoms with Crippen molar-refractivity contribution in [1.82, 2.24) is 9.97 Å². The molecular weight excluding hydrogens is 231 g/mol. The zero-order valence-electron chi connectivity index (χ0n) is 9.67. The molecule has 0 amide bonds. The minimum Gasteiger partial charge on any atom is -0.349 e. The lowest BCUT2D eigenvalue weighted by Gasteiger charge is -2.26. The highest BCUT2D eigenvalue weighted by Gasteiger charge is 2.39. The van der Waals surface area contributed by atoms with E-state index in [0.717, 1.165) is 25.1 Å². The summed E-state index contributed by atoms with van der Waals surface area (Å²) in [5.74, 6) is 0.525. The predicted octanol–water partition coefficient (Wildman–Crippen LogP) is 3.10. The lowest BCUT2D eigenvalue weighted by atomic mass is 9.99. The largest absolute Gasteiger partial charge is 0.433 e. The summed E-state index contributed by atoms with van der Waals surface area (Å²) in [5.41, 5.74) is -1.17. The van der Waals surface area contributed by atoms with Gasteiger partial charge in [0, 0.05) is 11.7 Å². The van der Waals surface area contributed by atoms with Crippen LogP contribution in [0.5, 0.6) is 0 Å². The van der Waals surface area contributed by atoms with Gasteiger partial charge < -0.3 is 5.32 Å². The molecule has 1 heterocycles. The van der Waals surface area contributed by atoms with Crippen LogP contribution < -0.4 is 5.32 Å². The highest BCUT2D eigenvalue weighted by Crippen LogP contribution is 2.40. The fourth-order valence-corrected chi connectivity index (χ4v) is 1.77. The van der Waals surface area contributed by atoms with Crippen LogP contribution in [-0.4, -0.2) is 15.5 Å². The Morgan fingerprint density at radius 1 is 1.29 bits per heavy atom. The van der Waals surface area contributed by atoms with Crippen molar-refractivity contribution in [2.24, 2.45) is 5.92 Å². The van der Waals surface area contributed by atoms with Crippen molar-refractivity contribution in [2.45, 2.75) is 38.4 Å². The number of nitrogens with zero attached hydrogens (tertiary/aromatic N) is 2. The number of rotatable bonds is 3. The molecule has 6 heteroatoms. The molecule has 0 spiro atoms. The van der Waals surface area contributed by atoms with Crippen molar-refractivity contribution in [3.05, 3.63) is 18.0 Å². The highest BCUT2D eigenvalue weighted by molar-refractivity contribution is 5.31. The normalized spacial score (nSPS) is 17.0. The monoisotopic (exact) mass is 245 g/mol. The van der Waals surface area contributed by atoms with Gasteiger partial charge in [0.2, 0.25) is 5.95 Å². The summed E-state index contributed by atoms with van der Waals surface area (Å²) in [6.45, 7) is 3.91. The first kappa shape index (κ1) is 12.1. The van der Waals surface area contributed by atoms with E-state index in [2.05, 4.69) is 15.3 Å². The minimum atomic E-state index is -4.43. The van der Waals surface area contributed by atoms with Crippen molar-refractivity contribution in [3.63, 3.8) is 0 Å². The molecule has 0 unspecified atom stereocenters. The Morgan fingerprint density at radius 3 is 2.47 bits per heavy atom. The standard InChI is InChI=1S/C11H14F3N3/c1-10(2,7-3-4-7)17-9-15-6-5-8(16-9)11(12,13)14/h5-7H,3-4H2,1-2H3,(H,15,16,17). The fourth-order valence-electron chi connectivity index (χ4n) is 1.77. The van der Waals surface area contributed by atoms with E-state index in [1.54, 1.807) is 0 Å². The molecule has 0 radical (unpaired) electrons. The molecule has 3 nitrogen and oxygen atoms in total. The average molecular weight is 245 g/mol. The smallest absolute Gasteiger partial charge is 0.349 e. The Kier molecular flexibility index (Phi) is 2.75. The molecule has 0 saturated heterocycles. The lowest BCUT2D eigenvalue weighted by Crippen LogP contribution is -2.34. The van der Waals surface area contributed by atoms with Crippen LogP contribution in [0.3, 0.4) is 0 Å². The molecule has 0 aromatic carbocycles. The molecule has 2 rings (SSSR count). The topological polar surface area (TPSA) is 37.8 Å². The van der Waals surface area contributed by atoms with Crippen LogP contribution in [0.2, 0.25) is 0 Å². The Morgan fingerprint density at radius 2 is 1.94 bits per heavy atom. The second-order valence-corrected chi connectivity index (χ2v) is 4.88. The summed E-state index contributed by atoms with van der Waals surface area (Å²) in [5, 5.41) is 2.97. The van der Waals surface area contributed by atoms with Crippen LogP contribution >= 0.6 is 0 Å². The molecule has 1 aliphatic carbocycles. The second kappa shape index (κ2) is 3.85. The zero-order valence-corrected chi connectivity index (χ0v) is 9.67. The summed E-state index contributed by atoms with van der Waals surface area (Å²) < 4.78 is 37.4. The molecule has 17 heavy (non-hydrogen) atoms. The van der Waals surface area contributed by atoms with Gasteiger partial charge in [-0.05, 0) is 38.7 Å². The number of halogens is 3. The summed E-state index contributed by atoms with van der Waals surface area (Å²) in [7, 11) is 0. The SMILES string of the molecule is CC(C)(Nc1nccc(C(F)(F)F)n1)C1CC1. The van der Waals surface area contributed by atoms with Crippen molar-refractivity contribution < 1.29 is 13.2 Å². The summed E-state index contributed by atoms with van der Waals surface area (Å²) in [4.78, 5) is 7.32. The van der Waals surface area contributed by atoms with Gasteiger partial charge in [-0.25, -0.2) is 9.97 Å². The number of hydrogen-bond acceptors (Lipinski definition) is 3. The van der Waals surface area contributed by atoms with E-state index >= 15 is 0 Å². The first-order chi connectivity index (χ1) is 7.79. The second-order valence-electron chi connectivity index (χ2n) is 4.88. The van der Waals surface area contributed by atoms with Crippen molar-refractivity contribution in [2.75, 3.05) is 5.32 Å². The van der Waals surface area contributed by atoms with Crippen molar-refractivity contribution >= 4 is 5.95 Å². The van der Waals surface area contributed by atoms with E-state index in [9.17, 15) is 13.2 Å². The number of alkyl halides is 3. The van der Waals surface area contributed by atoms with Crippen LogP contribution in [0.1, 0.15) is 32.4 Å². The molecule has 94 valence electrons. The maximum Gasteiger partial charge on any atom is 0.433 e. The van der Waals surface area contributed by atoms with Crippen LogP contribution in [0.25, 0.3) is 0 Å². The summed E-state index contributed by atoms with van der Waals surface area (Å²) in [6, 6.07) is 0.870. The van der Waals surface area contributed by atoms with E-state index in [1.165, 1.54) is 0 Å². The highest BCUT2D eigenvalue weighted by atomic mass is 19.4. The van der Waals surface area contributed by atoms with E-state index in [4.69, 9.17) is 0 Å². The van der Waals surface area contributed by atoms with E-state index in [0.29, 0.717) is 5.92 Å². The summed E-state index contributed by atoms with van der Waals surface area (Å²) >= 11 is 0. The van der Waals surface area contributed by atoms with Gasteiger partial charge in [0.15, 0.2) is 0 Å². The Bertz CT molecular complexity index is 411.